The molecule has 0 aliphatic heterocycles. The molecule has 0 aromatic heterocycles. The number of unbranched alkanes of at least 4 members (excludes halogenated alkanes) is 5. The number of hydrogen-bond donors (Lipinski definition) is 0. The molecule has 1 radical (unpaired) electrons. The molecule has 0 heterocycles. The van der Waals surface area contributed by atoms with E-state index in [1.165, 1.54) is 37.7 Å². The van der Waals surface area contributed by atoms with Crippen LogP contribution < -0.4 is 0 Å². The first-order valence-electron chi connectivity index (χ1n) is 7.44. The first-order chi connectivity index (χ1) is 9.33. The Labute approximate surface area is 123 Å². The summed E-state index contributed by atoms with van der Waals surface area (Å²) in [6.45, 7) is 5.64. The summed E-state index contributed by atoms with van der Waals surface area (Å²) in [5, 5.41) is 0.819. The predicted molar refractivity (Wildman–Crippen MR) is 83.7 cm³/mol. The summed E-state index contributed by atoms with van der Waals surface area (Å²) in [5.41, 5.74) is 1.38. The second-order valence-electron chi connectivity index (χ2n) is 4.96. The number of halogens is 1. The molecule has 1 nitrogen and oxygen atoms in total. The maximum Gasteiger partial charge on any atom is 0.0466 e. The first-order valence-corrected chi connectivity index (χ1v) is 7.82. The van der Waals surface area contributed by atoms with Gasteiger partial charge in [0, 0.05) is 18.2 Å². The van der Waals surface area contributed by atoms with Crippen LogP contribution >= 0.6 is 11.6 Å². The number of ether oxygens (including phenoxy) is 1. The van der Waals surface area contributed by atoms with Gasteiger partial charge in [0.25, 0.3) is 0 Å². The van der Waals surface area contributed by atoms with Crippen molar-refractivity contribution in [3.05, 3.63) is 41.8 Å². The van der Waals surface area contributed by atoms with Crippen LogP contribution in [0.25, 0.3) is 0 Å². The van der Waals surface area contributed by atoms with E-state index in [1.807, 2.05) is 12.1 Å². The van der Waals surface area contributed by atoms with Gasteiger partial charge in [0.15, 0.2) is 0 Å². The van der Waals surface area contributed by atoms with Gasteiger partial charge in [0.1, 0.15) is 0 Å². The Bertz CT molecular complexity index is 308. The van der Waals surface area contributed by atoms with E-state index in [2.05, 4.69) is 19.1 Å². The average Bonchev–Trinajstić information content (AvgIpc) is 2.43. The fourth-order valence-electron chi connectivity index (χ4n) is 2.02. The Morgan fingerprint density at radius 3 is 2.16 bits per heavy atom. The van der Waals surface area contributed by atoms with Gasteiger partial charge in [-0.15, -0.1) is 0 Å². The van der Waals surface area contributed by atoms with Gasteiger partial charge < -0.3 is 4.74 Å². The van der Waals surface area contributed by atoms with E-state index in [4.69, 9.17) is 16.3 Å². The lowest BCUT2D eigenvalue weighted by atomic mass is 10.1. The normalized spacial score (nSPS) is 10.8. The average molecular weight is 282 g/mol. The van der Waals surface area contributed by atoms with Crippen molar-refractivity contribution in [1.29, 1.82) is 0 Å². The highest BCUT2D eigenvalue weighted by atomic mass is 35.5. The number of hydrogen-bond acceptors (Lipinski definition) is 1. The maximum atomic E-state index is 5.86. The molecule has 0 aliphatic carbocycles. The molecule has 0 amide bonds. The van der Waals surface area contributed by atoms with Gasteiger partial charge >= 0.3 is 0 Å². The van der Waals surface area contributed by atoms with Crippen LogP contribution in [0.3, 0.4) is 0 Å². The van der Waals surface area contributed by atoms with Crippen LogP contribution in [-0.2, 0) is 11.2 Å². The molecule has 0 saturated heterocycles. The van der Waals surface area contributed by atoms with Gasteiger partial charge in [0.05, 0.1) is 0 Å². The second-order valence-corrected chi connectivity index (χ2v) is 5.40. The highest BCUT2D eigenvalue weighted by molar-refractivity contribution is 6.30. The molecular formula is C17H26ClO. The van der Waals surface area contributed by atoms with Crippen LogP contribution in [0.4, 0.5) is 0 Å². The van der Waals surface area contributed by atoms with Crippen LogP contribution in [0.2, 0.25) is 5.02 Å². The molecule has 1 aromatic rings. The minimum absolute atomic E-state index is 0.819. The van der Waals surface area contributed by atoms with Crippen molar-refractivity contribution in [1.82, 2.24) is 0 Å². The maximum absolute atomic E-state index is 5.86. The molecule has 0 saturated carbocycles. The van der Waals surface area contributed by atoms with Gasteiger partial charge in [-0.2, -0.15) is 0 Å². The van der Waals surface area contributed by atoms with E-state index >= 15 is 0 Å². The lowest BCUT2D eigenvalue weighted by Gasteiger charge is -2.04. The predicted octanol–water partition coefficient (Wildman–Crippen LogP) is 5.46. The molecule has 0 spiro atoms. The lowest BCUT2D eigenvalue weighted by molar-refractivity contribution is 0.126. The minimum Gasteiger partial charge on any atom is -0.381 e. The SMILES string of the molecule is [CH2]CCCCOCCCCCCc1ccc(Cl)cc1. The molecule has 1 aromatic carbocycles. The quantitative estimate of drug-likeness (QED) is 0.489. The molecule has 1 rings (SSSR count). The molecular weight excluding hydrogens is 256 g/mol. The zero-order valence-corrected chi connectivity index (χ0v) is 12.6. The fraction of sp³-hybridized carbons (Fsp3) is 0.588. The molecule has 0 bridgehead atoms. The topological polar surface area (TPSA) is 9.23 Å². The molecule has 0 unspecified atom stereocenters. The van der Waals surface area contributed by atoms with Crippen molar-refractivity contribution in [3.8, 4) is 0 Å². The molecule has 0 aliphatic rings. The Hall–Kier alpha value is -0.530. The number of benzene rings is 1. The summed E-state index contributed by atoms with van der Waals surface area (Å²) < 4.78 is 5.57. The van der Waals surface area contributed by atoms with Crippen LogP contribution in [0.15, 0.2) is 24.3 Å². The molecule has 0 N–H and O–H groups in total. The van der Waals surface area contributed by atoms with E-state index in [0.717, 1.165) is 37.5 Å². The summed E-state index contributed by atoms with van der Waals surface area (Å²) in [4.78, 5) is 0. The highest BCUT2D eigenvalue weighted by Gasteiger charge is 1.95. The summed E-state index contributed by atoms with van der Waals surface area (Å²) in [5.74, 6) is 0. The van der Waals surface area contributed by atoms with Crippen LogP contribution in [-0.4, -0.2) is 13.2 Å². The Morgan fingerprint density at radius 2 is 1.47 bits per heavy atom. The summed E-state index contributed by atoms with van der Waals surface area (Å²) in [6, 6.07) is 8.18. The van der Waals surface area contributed by atoms with Crippen LogP contribution in [0.5, 0.6) is 0 Å². The summed E-state index contributed by atoms with van der Waals surface area (Å²) >= 11 is 5.86. The lowest BCUT2D eigenvalue weighted by Crippen LogP contribution is -1.97. The third-order valence-corrected chi connectivity index (χ3v) is 3.46. The molecule has 107 valence electrons. The van der Waals surface area contributed by atoms with Crippen molar-refractivity contribution in [2.75, 3.05) is 13.2 Å². The molecule has 2 heteroatoms. The highest BCUT2D eigenvalue weighted by Crippen LogP contribution is 2.12. The van der Waals surface area contributed by atoms with Gasteiger partial charge in [-0.25, -0.2) is 0 Å². The van der Waals surface area contributed by atoms with Crippen LogP contribution in [0.1, 0.15) is 50.5 Å². The second kappa shape index (κ2) is 11.3. The van der Waals surface area contributed by atoms with Gasteiger partial charge in [-0.05, 0) is 43.4 Å². The Kier molecular flexibility index (Phi) is 9.84. The Morgan fingerprint density at radius 1 is 0.842 bits per heavy atom. The van der Waals surface area contributed by atoms with E-state index in [0.29, 0.717) is 0 Å². The summed E-state index contributed by atoms with van der Waals surface area (Å²) in [7, 11) is 0. The zero-order chi connectivity index (χ0) is 13.8. The van der Waals surface area contributed by atoms with Gasteiger partial charge in [0.2, 0.25) is 0 Å². The third kappa shape index (κ3) is 9.07. The zero-order valence-electron chi connectivity index (χ0n) is 11.9. The van der Waals surface area contributed by atoms with E-state index in [-0.39, 0.29) is 0 Å². The van der Waals surface area contributed by atoms with Crippen LogP contribution in [0, 0.1) is 6.92 Å². The van der Waals surface area contributed by atoms with Crippen molar-refractivity contribution < 1.29 is 4.74 Å². The Balaban J connectivity index is 1.87. The monoisotopic (exact) mass is 281 g/mol. The third-order valence-electron chi connectivity index (χ3n) is 3.21. The number of aryl methyl sites for hydroxylation is 1. The minimum atomic E-state index is 0.819. The molecule has 0 fully saturated rings. The van der Waals surface area contributed by atoms with E-state index in [9.17, 15) is 0 Å². The van der Waals surface area contributed by atoms with E-state index in [1.54, 1.807) is 0 Å². The largest absolute Gasteiger partial charge is 0.381 e. The van der Waals surface area contributed by atoms with Crippen molar-refractivity contribution in [2.24, 2.45) is 0 Å². The fourth-order valence-corrected chi connectivity index (χ4v) is 2.15. The molecule has 19 heavy (non-hydrogen) atoms. The summed E-state index contributed by atoms with van der Waals surface area (Å²) in [6.07, 6.45) is 9.50. The van der Waals surface area contributed by atoms with E-state index < -0.39 is 0 Å². The molecule has 0 atom stereocenters. The number of rotatable bonds is 11. The van der Waals surface area contributed by atoms with Crippen molar-refractivity contribution >= 4 is 11.6 Å². The van der Waals surface area contributed by atoms with Gasteiger partial charge in [-0.1, -0.05) is 56.3 Å². The van der Waals surface area contributed by atoms with Gasteiger partial charge in [-0.3, -0.25) is 0 Å². The standard InChI is InChI=1S/C17H26ClO/c1-2-3-7-14-19-15-8-5-4-6-9-16-10-12-17(18)13-11-16/h10-13H,1-9,14-15H2. The first kappa shape index (κ1) is 16.5. The van der Waals surface area contributed by atoms with Crippen molar-refractivity contribution in [2.45, 2.75) is 51.4 Å². The smallest absolute Gasteiger partial charge is 0.0466 e. The van der Waals surface area contributed by atoms with Crippen molar-refractivity contribution in [3.63, 3.8) is 0 Å².